The largest absolute Gasteiger partial charge is 0.507 e. The van der Waals surface area contributed by atoms with Crippen LogP contribution in [0.2, 0.25) is 0 Å². The number of rotatable bonds is 2. The zero-order valence-corrected chi connectivity index (χ0v) is 13.3. The second-order valence-electron chi connectivity index (χ2n) is 3.72. The fourth-order valence-corrected chi connectivity index (χ4v) is 3.12. The summed E-state index contributed by atoms with van der Waals surface area (Å²) in [4.78, 5) is 5.24. The molecular formula is C12H6Br2N2O2S. The van der Waals surface area contributed by atoms with E-state index in [1.54, 1.807) is 18.2 Å². The lowest BCUT2D eigenvalue weighted by molar-refractivity contribution is 0.431. The Morgan fingerprint density at radius 1 is 1.21 bits per heavy atom. The number of halogens is 2. The standard InChI is InChI=1S/C12H6Br2N2O2S/c13-7-4-10(19-5-7)11-15-12(18-16-11)6-1-2-8(14)9(17)3-6/h1-5,17H. The fourth-order valence-electron chi connectivity index (χ4n) is 1.52. The molecule has 2 aromatic heterocycles. The first-order valence-electron chi connectivity index (χ1n) is 5.20. The van der Waals surface area contributed by atoms with Crippen LogP contribution >= 0.6 is 43.2 Å². The van der Waals surface area contributed by atoms with Gasteiger partial charge in [-0.1, -0.05) is 5.16 Å². The van der Waals surface area contributed by atoms with Crippen molar-refractivity contribution in [2.45, 2.75) is 0 Å². The fraction of sp³-hybridized carbons (Fsp3) is 0. The second-order valence-corrected chi connectivity index (χ2v) is 6.40. The smallest absolute Gasteiger partial charge is 0.258 e. The third-order valence-corrected chi connectivity index (χ3v) is 4.76. The minimum absolute atomic E-state index is 0.135. The number of aromatic nitrogens is 2. The molecule has 0 unspecified atom stereocenters. The molecule has 7 heteroatoms. The maximum Gasteiger partial charge on any atom is 0.258 e. The molecule has 0 amide bonds. The van der Waals surface area contributed by atoms with Crippen molar-refractivity contribution in [1.29, 1.82) is 0 Å². The van der Waals surface area contributed by atoms with Gasteiger partial charge in [0.25, 0.3) is 5.89 Å². The van der Waals surface area contributed by atoms with Gasteiger partial charge in [0.2, 0.25) is 5.82 Å². The van der Waals surface area contributed by atoms with Gasteiger partial charge in [0.15, 0.2) is 0 Å². The number of phenolic OH excluding ortho intramolecular Hbond substituents is 1. The van der Waals surface area contributed by atoms with Crippen molar-refractivity contribution >= 4 is 43.2 Å². The Labute approximate surface area is 129 Å². The Balaban J connectivity index is 1.98. The monoisotopic (exact) mass is 400 g/mol. The molecule has 0 bridgehead atoms. The maximum atomic E-state index is 9.65. The van der Waals surface area contributed by atoms with Crippen molar-refractivity contribution in [3.63, 3.8) is 0 Å². The quantitative estimate of drug-likeness (QED) is 0.676. The van der Waals surface area contributed by atoms with Gasteiger partial charge in [-0.15, -0.1) is 11.3 Å². The molecule has 3 rings (SSSR count). The first kappa shape index (κ1) is 12.8. The van der Waals surface area contributed by atoms with E-state index in [1.165, 1.54) is 11.3 Å². The van der Waals surface area contributed by atoms with Crippen molar-refractivity contribution in [3.8, 4) is 27.9 Å². The van der Waals surface area contributed by atoms with E-state index in [9.17, 15) is 5.11 Å². The molecule has 2 heterocycles. The lowest BCUT2D eigenvalue weighted by atomic mass is 10.2. The average Bonchev–Trinajstić information content (AvgIpc) is 3.01. The molecule has 0 atom stereocenters. The van der Waals surface area contributed by atoms with Crippen LogP contribution in [0.4, 0.5) is 0 Å². The van der Waals surface area contributed by atoms with Crippen LogP contribution in [0.1, 0.15) is 0 Å². The van der Waals surface area contributed by atoms with Crippen molar-refractivity contribution in [2.75, 3.05) is 0 Å². The molecule has 1 N–H and O–H groups in total. The topological polar surface area (TPSA) is 59.2 Å². The molecule has 0 saturated heterocycles. The first-order chi connectivity index (χ1) is 9.13. The Kier molecular flexibility index (Phi) is 3.42. The molecule has 0 radical (unpaired) electrons. The molecule has 0 fully saturated rings. The highest BCUT2D eigenvalue weighted by molar-refractivity contribution is 9.10. The van der Waals surface area contributed by atoms with Gasteiger partial charge in [-0.25, -0.2) is 0 Å². The number of thiophene rings is 1. The molecule has 96 valence electrons. The van der Waals surface area contributed by atoms with Gasteiger partial charge in [0.1, 0.15) is 5.75 Å². The molecule has 4 nitrogen and oxygen atoms in total. The van der Waals surface area contributed by atoms with E-state index < -0.39 is 0 Å². The second kappa shape index (κ2) is 5.07. The van der Waals surface area contributed by atoms with Crippen molar-refractivity contribution in [1.82, 2.24) is 10.1 Å². The minimum Gasteiger partial charge on any atom is -0.507 e. The predicted octanol–water partition coefficient (Wildman–Crippen LogP) is 4.70. The van der Waals surface area contributed by atoms with Crippen molar-refractivity contribution in [3.05, 3.63) is 38.6 Å². The number of nitrogens with zero attached hydrogens (tertiary/aromatic N) is 2. The number of aromatic hydroxyl groups is 1. The molecule has 1 aromatic carbocycles. The van der Waals surface area contributed by atoms with Gasteiger partial charge >= 0.3 is 0 Å². The zero-order valence-electron chi connectivity index (χ0n) is 9.30. The van der Waals surface area contributed by atoms with Crippen LogP contribution in [0.3, 0.4) is 0 Å². The van der Waals surface area contributed by atoms with Gasteiger partial charge in [-0.2, -0.15) is 4.98 Å². The highest BCUT2D eigenvalue weighted by Gasteiger charge is 2.13. The zero-order chi connectivity index (χ0) is 13.4. The summed E-state index contributed by atoms with van der Waals surface area (Å²) in [7, 11) is 0. The van der Waals surface area contributed by atoms with Gasteiger partial charge in [0.05, 0.1) is 9.35 Å². The van der Waals surface area contributed by atoms with Crippen molar-refractivity contribution in [2.24, 2.45) is 0 Å². The molecule has 3 aromatic rings. The van der Waals surface area contributed by atoms with Crippen LogP contribution in [0.15, 0.2) is 43.1 Å². The third-order valence-electron chi connectivity index (χ3n) is 2.41. The summed E-state index contributed by atoms with van der Waals surface area (Å²) in [5.74, 6) is 1.05. The molecule has 0 saturated carbocycles. The average molecular weight is 402 g/mol. The van der Waals surface area contributed by atoms with Crippen molar-refractivity contribution < 1.29 is 9.63 Å². The van der Waals surface area contributed by atoms with Crippen LogP contribution in [0.25, 0.3) is 22.2 Å². The molecule has 0 aliphatic rings. The highest BCUT2D eigenvalue weighted by atomic mass is 79.9. The molecule has 19 heavy (non-hydrogen) atoms. The molecule has 0 aliphatic carbocycles. The summed E-state index contributed by atoms with van der Waals surface area (Å²) in [6.45, 7) is 0. The summed E-state index contributed by atoms with van der Waals surface area (Å²) < 4.78 is 6.82. The van der Waals surface area contributed by atoms with E-state index in [0.29, 0.717) is 21.8 Å². The van der Waals surface area contributed by atoms with E-state index >= 15 is 0 Å². The van der Waals surface area contributed by atoms with Gasteiger partial charge in [-0.3, -0.25) is 0 Å². The van der Waals surface area contributed by atoms with Crippen LogP contribution < -0.4 is 0 Å². The lowest BCUT2D eigenvalue weighted by Crippen LogP contribution is -1.79. The molecule has 0 aliphatic heterocycles. The van der Waals surface area contributed by atoms with Crippen LogP contribution in [0.5, 0.6) is 5.75 Å². The number of hydrogen-bond donors (Lipinski definition) is 1. The number of hydrogen-bond acceptors (Lipinski definition) is 5. The Hall–Kier alpha value is -1.18. The number of phenols is 1. The summed E-state index contributed by atoms with van der Waals surface area (Å²) >= 11 is 8.14. The summed E-state index contributed by atoms with van der Waals surface area (Å²) in [6.07, 6.45) is 0. The first-order valence-corrected chi connectivity index (χ1v) is 7.67. The Morgan fingerprint density at radius 2 is 2.05 bits per heavy atom. The van der Waals surface area contributed by atoms with Crippen LogP contribution in [0, 0.1) is 0 Å². The summed E-state index contributed by atoms with van der Waals surface area (Å²) in [5, 5.41) is 15.5. The molecule has 0 spiro atoms. The lowest BCUT2D eigenvalue weighted by Gasteiger charge is -1.97. The van der Waals surface area contributed by atoms with E-state index in [-0.39, 0.29) is 5.75 Å². The van der Waals surface area contributed by atoms with Gasteiger partial charge < -0.3 is 9.63 Å². The van der Waals surface area contributed by atoms with E-state index in [0.717, 1.165) is 9.35 Å². The van der Waals surface area contributed by atoms with E-state index in [2.05, 4.69) is 42.0 Å². The normalized spacial score (nSPS) is 10.8. The van der Waals surface area contributed by atoms with E-state index in [4.69, 9.17) is 4.52 Å². The highest BCUT2D eigenvalue weighted by Crippen LogP contribution is 2.32. The SMILES string of the molecule is Oc1cc(-c2nc(-c3cc(Br)cs3)no2)ccc1Br. The predicted molar refractivity (Wildman–Crippen MR) is 80.1 cm³/mol. The summed E-state index contributed by atoms with van der Waals surface area (Å²) in [5.41, 5.74) is 0.676. The van der Waals surface area contributed by atoms with Crippen LogP contribution in [-0.4, -0.2) is 15.2 Å². The summed E-state index contributed by atoms with van der Waals surface area (Å²) in [6, 6.07) is 7.03. The number of benzene rings is 1. The minimum atomic E-state index is 0.135. The Morgan fingerprint density at radius 3 is 2.74 bits per heavy atom. The van der Waals surface area contributed by atoms with Crippen LogP contribution in [-0.2, 0) is 0 Å². The van der Waals surface area contributed by atoms with E-state index in [1.807, 2.05) is 11.4 Å². The Bertz CT molecular complexity index is 739. The van der Waals surface area contributed by atoms with Gasteiger partial charge in [-0.05, 0) is 56.1 Å². The maximum absolute atomic E-state index is 9.65. The third kappa shape index (κ3) is 2.58. The van der Waals surface area contributed by atoms with Gasteiger partial charge in [0, 0.05) is 15.4 Å². The molecular weight excluding hydrogens is 396 g/mol.